The lowest BCUT2D eigenvalue weighted by Gasteiger charge is -2.61. The van der Waals surface area contributed by atoms with Crippen molar-refractivity contribution < 1.29 is 4.79 Å². The van der Waals surface area contributed by atoms with E-state index < -0.39 is 0 Å². The van der Waals surface area contributed by atoms with Gasteiger partial charge in [0.15, 0.2) is 0 Å². The van der Waals surface area contributed by atoms with Gasteiger partial charge in [-0.25, -0.2) is 0 Å². The third-order valence-electron chi connectivity index (χ3n) is 6.88. The highest BCUT2D eigenvalue weighted by Gasteiger charge is 2.59. The highest BCUT2D eigenvalue weighted by atomic mass is 16.2. The van der Waals surface area contributed by atoms with Crippen molar-refractivity contribution in [3.8, 4) is 0 Å². The second-order valence-electron chi connectivity index (χ2n) is 8.79. The summed E-state index contributed by atoms with van der Waals surface area (Å²) in [5, 5.41) is 3.43. The van der Waals surface area contributed by atoms with Gasteiger partial charge < -0.3 is 10.2 Å². The minimum atomic E-state index is 0.0113. The summed E-state index contributed by atoms with van der Waals surface area (Å²) < 4.78 is 0. The van der Waals surface area contributed by atoms with Crippen LogP contribution < -0.4 is 5.32 Å². The zero-order valence-corrected chi connectivity index (χ0v) is 13.7. The van der Waals surface area contributed by atoms with Crippen LogP contribution in [0.3, 0.4) is 0 Å². The maximum Gasteiger partial charge on any atom is 0.229 e. The van der Waals surface area contributed by atoms with Crippen molar-refractivity contribution in [3.63, 3.8) is 0 Å². The molecule has 1 heterocycles. The Kier molecular flexibility index (Phi) is 3.15. The van der Waals surface area contributed by atoms with Gasteiger partial charge in [0.2, 0.25) is 5.91 Å². The number of hydrogen-bond donors (Lipinski definition) is 1. The maximum atomic E-state index is 13.5. The van der Waals surface area contributed by atoms with E-state index in [4.69, 9.17) is 0 Å². The van der Waals surface area contributed by atoms with Gasteiger partial charge in [0, 0.05) is 19.1 Å². The van der Waals surface area contributed by atoms with Crippen LogP contribution in [-0.4, -0.2) is 36.5 Å². The van der Waals surface area contributed by atoms with Crippen molar-refractivity contribution in [1.82, 2.24) is 10.2 Å². The molecule has 0 aromatic heterocycles. The van der Waals surface area contributed by atoms with Crippen LogP contribution in [0.25, 0.3) is 0 Å². The first-order valence-electron chi connectivity index (χ1n) is 9.05. The molecule has 5 fully saturated rings. The van der Waals surface area contributed by atoms with Crippen LogP contribution in [0, 0.1) is 22.7 Å². The zero-order valence-electron chi connectivity index (χ0n) is 13.7. The number of hydrogen-bond acceptors (Lipinski definition) is 2. The zero-order chi connectivity index (χ0) is 14.7. The molecule has 0 aromatic rings. The van der Waals surface area contributed by atoms with Gasteiger partial charge in [0.05, 0.1) is 5.41 Å². The molecule has 1 amide bonds. The van der Waals surface area contributed by atoms with Gasteiger partial charge in [0.1, 0.15) is 0 Å². The Bertz CT molecular complexity index is 426. The lowest BCUT2D eigenvalue weighted by Crippen LogP contribution is -2.59. The molecule has 3 atom stereocenters. The number of nitrogens with one attached hydrogen (secondary N) is 1. The largest absolute Gasteiger partial charge is 0.338 e. The summed E-state index contributed by atoms with van der Waals surface area (Å²) in [5.41, 5.74) is 0.477. The Morgan fingerprint density at radius 1 is 1.24 bits per heavy atom. The van der Waals surface area contributed by atoms with E-state index >= 15 is 0 Å². The highest BCUT2D eigenvalue weighted by molar-refractivity contribution is 5.83. The monoisotopic (exact) mass is 290 g/mol. The molecule has 1 saturated heterocycles. The number of rotatable bonds is 3. The number of nitrogens with zero attached hydrogens (tertiary/aromatic N) is 1. The third kappa shape index (κ3) is 2.15. The van der Waals surface area contributed by atoms with Crippen molar-refractivity contribution in [1.29, 1.82) is 0 Å². The summed E-state index contributed by atoms with van der Waals surface area (Å²) in [5.74, 6) is 2.18. The van der Waals surface area contributed by atoms with Crippen LogP contribution in [0.5, 0.6) is 0 Å². The second-order valence-corrected chi connectivity index (χ2v) is 8.79. The standard InChI is InChI=1S/C18H30N2O/c1-3-20(15-4-5-19-11-15)16(21)18-9-13-6-14(10-18)8-17(2,7-13)12-18/h13-15,19H,3-12H2,1-2H3. The van der Waals surface area contributed by atoms with Gasteiger partial charge in [-0.1, -0.05) is 6.92 Å². The summed E-state index contributed by atoms with van der Waals surface area (Å²) >= 11 is 0. The number of amides is 1. The Morgan fingerprint density at radius 2 is 1.95 bits per heavy atom. The van der Waals surface area contributed by atoms with Gasteiger partial charge in [-0.05, 0) is 75.7 Å². The maximum absolute atomic E-state index is 13.5. The van der Waals surface area contributed by atoms with Crippen LogP contribution in [-0.2, 0) is 4.79 Å². The van der Waals surface area contributed by atoms with Gasteiger partial charge in [-0.2, -0.15) is 0 Å². The first-order valence-corrected chi connectivity index (χ1v) is 9.05. The Hall–Kier alpha value is -0.570. The van der Waals surface area contributed by atoms with E-state index in [1.165, 1.54) is 38.5 Å². The smallest absolute Gasteiger partial charge is 0.229 e. The SMILES string of the molecule is CCN(C(=O)C12CC3CC(CC(C)(C3)C1)C2)C1CCNC1. The fraction of sp³-hybridized carbons (Fsp3) is 0.944. The molecule has 0 spiro atoms. The normalized spacial score (nSPS) is 47.8. The van der Waals surface area contributed by atoms with Gasteiger partial charge in [0.25, 0.3) is 0 Å². The summed E-state index contributed by atoms with van der Waals surface area (Å²) in [6.07, 6.45) is 8.86. The fourth-order valence-corrected chi connectivity index (χ4v) is 6.75. The van der Waals surface area contributed by atoms with E-state index in [0.29, 0.717) is 17.4 Å². The van der Waals surface area contributed by atoms with Gasteiger partial charge in [-0.3, -0.25) is 4.79 Å². The molecule has 4 saturated carbocycles. The van der Waals surface area contributed by atoms with Crippen molar-refractivity contribution in [2.75, 3.05) is 19.6 Å². The van der Waals surface area contributed by atoms with Crippen LogP contribution in [0.4, 0.5) is 0 Å². The summed E-state index contributed by atoms with van der Waals surface area (Å²) in [6, 6.07) is 0.448. The number of likely N-dealkylation sites (N-methyl/N-ethyl adjacent to an activating group) is 1. The van der Waals surface area contributed by atoms with Crippen molar-refractivity contribution in [2.24, 2.45) is 22.7 Å². The minimum Gasteiger partial charge on any atom is -0.338 e. The highest BCUT2D eigenvalue weighted by Crippen LogP contribution is 2.65. The summed E-state index contributed by atoms with van der Waals surface area (Å²) in [7, 11) is 0. The van der Waals surface area contributed by atoms with Crippen LogP contribution >= 0.6 is 0 Å². The van der Waals surface area contributed by atoms with Crippen molar-refractivity contribution in [3.05, 3.63) is 0 Å². The molecule has 4 aliphatic carbocycles. The average Bonchev–Trinajstić information content (AvgIpc) is 2.90. The van der Waals surface area contributed by atoms with Crippen molar-refractivity contribution >= 4 is 5.91 Å². The average molecular weight is 290 g/mol. The molecule has 1 N–H and O–H groups in total. The molecule has 0 aromatic carbocycles. The molecule has 5 aliphatic rings. The third-order valence-corrected chi connectivity index (χ3v) is 6.88. The summed E-state index contributed by atoms with van der Waals surface area (Å²) in [6.45, 7) is 7.58. The van der Waals surface area contributed by atoms with E-state index in [-0.39, 0.29) is 5.41 Å². The molecule has 118 valence electrons. The molecular weight excluding hydrogens is 260 g/mol. The molecule has 0 radical (unpaired) electrons. The molecule has 3 nitrogen and oxygen atoms in total. The Morgan fingerprint density at radius 3 is 2.48 bits per heavy atom. The van der Waals surface area contributed by atoms with E-state index in [9.17, 15) is 4.79 Å². The molecule has 3 unspecified atom stereocenters. The second kappa shape index (κ2) is 4.71. The lowest BCUT2D eigenvalue weighted by molar-refractivity contribution is -0.167. The predicted molar refractivity (Wildman–Crippen MR) is 83.9 cm³/mol. The number of carbonyl (C=O) groups excluding carboxylic acids is 1. The first kappa shape index (κ1) is 14.0. The molecule has 1 aliphatic heterocycles. The van der Waals surface area contributed by atoms with Gasteiger partial charge >= 0.3 is 0 Å². The lowest BCUT2D eigenvalue weighted by atomic mass is 9.44. The van der Waals surface area contributed by atoms with E-state index in [0.717, 1.165) is 37.9 Å². The minimum absolute atomic E-state index is 0.0113. The van der Waals surface area contributed by atoms with E-state index in [2.05, 4.69) is 24.1 Å². The molecular formula is C18H30N2O. The Balaban J connectivity index is 1.60. The molecule has 3 heteroatoms. The quantitative estimate of drug-likeness (QED) is 0.867. The van der Waals surface area contributed by atoms with Crippen molar-refractivity contribution in [2.45, 2.75) is 64.8 Å². The van der Waals surface area contributed by atoms with E-state index in [1.807, 2.05) is 0 Å². The summed E-state index contributed by atoms with van der Waals surface area (Å²) in [4.78, 5) is 15.7. The fourth-order valence-electron chi connectivity index (χ4n) is 6.75. The van der Waals surface area contributed by atoms with Crippen LogP contribution in [0.15, 0.2) is 0 Å². The Labute approximate surface area is 128 Å². The van der Waals surface area contributed by atoms with Crippen LogP contribution in [0.1, 0.15) is 58.8 Å². The first-order chi connectivity index (χ1) is 10.0. The van der Waals surface area contributed by atoms with Crippen LogP contribution in [0.2, 0.25) is 0 Å². The van der Waals surface area contributed by atoms with Gasteiger partial charge in [-0.15, -0.1) is 0 Å². The predicted octanol–water partition coefficient (Wildman–Crippen LogP) is 2.80. The molecule has 21 heavy (non-hydrogen) atoms. The molecule has 4 bridgehead atoms. The molecule has 5 rings (SSSR count). The number of carbonyl (C=O) groups is 1. The topological polar surface area (TPSA) is 32.3 Å². The van der Waals surface area contributed by atoms with E-state index in [1.54, 1.807) is 0 Å².